The third-order valence-corrected chi connectivity index (χ3v) is 6.07. The molecule has 0 saturated heterocycles. The van der Waals surface area contributed by atoms with Crippen LogP contribution in [0.15, 0.2) is 78.0 Å². The number of nitriles is 1. The molecule has 5 rings (SSSR count). The van der Waals surface area contributed by atoms with Gasteiger partial charge in [-0.15, -0.1) is 0 Å². The smallest absolute Gasteiger partial charge is 0.263 e. The van der Waals surface area contributed by atoms with Crippen molar-refractivity contribution >= 4 is 17.2 Å². The lowest BCUT2D eigenvalue weighted by Crippen LogP contribution is -2.21. The van der Waals surface area contributed by atoms with E-state index in [1.807, 2.05) is 6.07 Å². The molecule has 3 aromatic heterocycles. The lowest BCUT2D eigenvalue weighted by molar-refractivity contribution is 0.584. The van der Waals surface area contributed by atoms with Crippen LogP contribution in [-0.4, -0.2) is 20.9 Å². The minimum atomic E-state index is -0.799. The Labute approximate surface area is 214 Å². The summed E-state index contributed by atoms with van der Waals surface area (Å²) in [6.45, 7) is 0.173. The van der Waals surface area contributed by atoms with Crippen LogP contribution in [0.5, 0.6) is 0 Å². The van der Waals surface area contributed by atoms with Crippen molar-refractivity contribution in [2.24, 2.45) is 0 Å². The van der Waals surface area contributed by atoms with Crippen LogP contribution < -0.4 is 16.6 Å². The Morgan fingerprint density at radius 2 is 1.66 bits per heavy atom. The van der Waals surface area contributed by atoms with Crippen molar-refractivity contribution in [3.8, 4) is 28.3 Å². The fraction of sp³-hybridized carbons (Fsp3) is 0.0714. The molecule has 0 spiro atoms. The Balaban J connectivity index is 1.76. The number of pyridine rings is 2. The summed E-state index contributed by atoms with van der Waals surface area (Å²) in [7, 11) is 0. The number of nitrogen functional groups attached to an aromatic ring is 1. The summed E-state index contributed by atoms with van der Waals surface area (Å²) in [6, 6.07) is 16.4. The van der Waals surface area contributed by atoms with Crippen LogP contribution in [0.3, 0.4) is 0 Å². The van der Waals surface area contributed by atoms with Crippen molar-refractivity contribution in [3.63, 3.8) is 0 Å². The first kappa shape index (κ1) is 24.5. The lowest BCUT2D eigenvalue weighted by Gasteiger charge is -2.19. The molecule has 188 valence electrons. The molecule has 0 radical (unpaired) electrons. The van der Waals surface area contributed by atoms with Crippen molar-refractivity contribution in [1.29, 1.82) is 5.26 Å². The van der Waals surface area contributed by atoms with Crippen LogP contribution in [0, 0.1) is 28.8 Å². The van der Waals surface area contributed by atoms with E-state index in [-0.39, 0.29) is 46.8 Å². The number of hydrogen-bond acceptors (Lipinski definition) is 6. The zero-order chi connectivity index (χ0) is 26.8. The van der Waals surface area contributed by atoms with Crippen molar-refractivity contribution in [3.05, 3.63) is 112 Å². The molecule has 0 aliphatic heterocycles. The Morgan fingerprint density at radius 3 is 2.37 bits per heavy atom. The van der Waals surface area contributed by atoms with E-state index in [0.717, 1.165) is 28.8 Å². The highest BCUT2D eigenvalue weighted by Gasteiger charge is 2.22. The normalized spacial score (nSPS) is 10.9. The fourth-order valence-electron chi connectivity index (χ4n) is 4.50. The summed E-state index contributed by atoms with van der Waals surface area (Å²) in [6.07, 6.45) is 2.44. The summed E-state index contributed by atoms with van der Waals surface area (Å²) in [5.41, 5.74) is 7.45. The van der Waals surface area contributed by atoms with Gasteiger partial charge in [0.2, 0.25) is 0 Å². The van der Waals surface area contributed by atoms with Gasteiger partial charge < -0.3 is 11.1 Å². The van der Waals surface area contributed by atoms with Crippen molar-refractivity contribution in [2.75, 3.05) is 17.6 Å². The number of anilines is 2. The molecule has 2 aromatic carbocycles. The molecule has 38 heavy (non-hydrogen) atoms. The second kappa shape index (κ2) is 10.1. The van der Waals surface area contributed by atoms with Gasteiger partial charge in [-0.25, -0.2) is 23.1 Å². The summed E-state index contributed by atoms with van der Waals surface area (Å²) in [5.74, 6) is -2.02. The maximum Gasteiger partial charge on any atom is 0.263 e. The van der Waals surface area contributed by atoms with E-state index in [4.69, 9.17) is 5.73 Å². The summed E-state index contributed by atoms with van der Waals surface area (Å²) in [5, 5.41) is 12.5. The largest absolute Gasteiger partial charge is 0.382 e. The highest BCUT2D eigenvalue weighted by atomic mass is 19.1. The van der Waals surface area contributed by atoms with Gasteiger partial charge in [-0.2, -0.15) is 5.26 Å². The van der Waals surface area contributed by atoms with E-state index >= 15 is 0 Å². The van der Waals surface area contributed by atoms with Gasteiger partial charge >= 0.3 is 0 Å². The average molecular weight is 512 g/mol. The Kier molecular flexibility index (Phi) is 6.49. The average Bonchev–Trinajstić information content (AvgIpc) is 2.89. The molecule has 0 fully saturated rings. The Hall–Kier alpha value is -5.17. The molecule has 0 aliphatic carbocycles. The molecule has 5 aromatic rings. The second-order valence-electron chi connectivity index (χ2n) is 8.43. The second-order valence-corrected chi connectivity index (χ2v) is 8.43. The Bertz CT molecular complexity index is 1760. The van der Waals surface area contributed by atoms with Crippen LogP contribution in [-0.2, 0) is 6.42 Å². The van der Waals surface area contributed by atoms with E-state index in [0.29, 0.717) is 16.7 Å². The molecule has 3 N–H and O–H groups in total. The minimum absolute atomic E-state index is 0.0110. The maximum absolute atomic E-state index is 14.4. The number of rotatable bonds is 6. The molecule has 0 amide bonds. The van der Waals surface area contributed by atoms with Gasteiger partial charge in [0.05, 0.1) is 11.1 Å². The van der Waals surface area contributed by atoms with E-state index in [1.54, 1.807) is 30.3 Å². The molecular weight excluding hydrogens is 493 g/mol. The molecule has 0 atom stereocenters. The van der Waals surface area contributed by atoms with Crippen molar-refractivity contribution in [2.45, 2.75) is 6.42 Å². The number of aromatic nitrogens is 3. The molecule has 0 saturated carbocycles. The van der Waals surface area contributed by atoms with E-state index < -0.39 is 23.0 Å². The fourth-order valence-corrected chi connectivity index (χ4v) is 4.50. The van der Waals surface area contributed by atoms with E-state index in [1.165, 1.54) is 18.5 Å². The molecule has 10 heteroatoms. The molecule has 0 unspecified atom stereocenters. The number of fused-ring (bicyclic) bond motifs is 1. The van der Waals surface area contributed by atoms with Gasteiger partial charge in [-0.3, -0.25) is 9.20 Å². The molecule has 3 heterocycles. The number of halogens is 3. The van der Waals surface area contributed by atoms with Crippen LogP contribution in [0.4, 0.5) is 24.8 Å². The van der Waals surface area contributed by atoms with Gasteiger partial charge in [-0.05, 0) is 47.4 Å². The zero-order valence-corrected chi connectivity index (χ0v) is 19.8. The first-order chi connectivity index (χ1) is 18.4. The monoisotopic (exact) mass is 512 g/mol. The number of hydrogen-bond donors (Lipinski definition) is 2. The van der Waals surface area contributed by atoms with Gasteiger partial charge in [0.25, 0.3) is 5.56 Å². The zero-order valence-electron chi connectivity index (χ0n) is 19.8. The third-order valence-electron chi connectivity index (χ3n) is 6.07. The SMILES string of the molecule is N#Cc1c(N)ncnc1NCCc1c(-c2ccccc2)c(=O)n2cc(F)ccc2c1-c1cc(F)cc(F)c1. The minimum Gasteiger partial charge on any atom is -0.382 e. The lowest BCUT2D eigenvalue weighted by atomic mass is 9.90. The molecular formula is C28H19F3N6O. The van der Waals surface area contributed by atoms with E-state index in [9.17, 15) is 23.2 Å². The number of benzene rings is 2. The standard InChI is InChI=1S/C28H19F3N6O/c29-18-6-7-23-24(17-10-19(30)12-20(31)11-17)21(8-9-34-27-22(13-32)26(33)35-15-36-27)25(28(38)37(23)14-18)16-4-2-1-3-5-16/h1-7,10-12,14-15H,8-9H2,(H3,33,34,35,36). The van der Waals surface area contributed by atoms with Crippen molar-refractivity contribution in [1.82, 2.24) is 14.4 Å². The highest BCUT2D eigenvalue weighted by Crippen LogP contribution is 2.35. The third kappa shape index (κ3) is 4.53. The predicted octanol–water partition coefficient (Wildman–Crippen LogP) is 4.95. The molecule has 0 bridgehead atoms. The summed E-state index contributed by atoms with van der Waals surface area (Å²) in [4.78, 5) is 21.6. The van der Waals surface area contributed by atoms with Gasteiger partial charge in [-0.1, -0.05) is 30.3 Å². The first-order valence-electron chi connectivity index (χ1n) is 11.5. The van der Waals surface area contributed by atoms with Gasteiger partial charge in [0, 0.05) is 24.4 Å². The number of nitrogens with one attached hydrogen (secondary N) is 1. The topological polar surface area (TPSA) is 109 Å². The molecule has 0 aliphatic rings. The van der Waals surface area contributed by atoms with Crippen LogP contribution in [0.1, 0.15) is 11.1 Å². The predicted molar refractivity (Wildman–Crippen MR) is 138 cm³/mol. The van der Waals surface area contributed by atoms with Crippen LogP contribution >= 0.6 is 0 Å². The van der Waals surface area contributed by atoms with Crippen LogP contribution in [0.25, 0.3) is 27.8 Å². The maximum atomic E-state index is 14.4. The number of nitrogens with zero attached hydrogens (tertiary/aromatic N) is 4. The quantitative estimate of drug-likeness (QED) is 0.333. The van der Waals surface area contributed by atoms with Gasteiger partial charge in [0.1, 0.15) is 47.0 Å². The summed E-state index contributed by atoms with van der Waals surface area (Å²) >= 11 is 0. The van der Waals surface area contributed by atoms with Gasteiger partial charge in [0.15, 0.2) is 0 Å². The highest BCUT2D eigenvalue weighted by molar-refractivity contribution is 5.88. The van der Waals surface area contributed by atoms with Crippen molar-refractivity contribution < 1.29 is 13.2 Å². The molecule has 7 nitrogen and oxygen atoms in total. The first-order valence-corrected chi connectivity index (χ1v) is 11.5. The summed E-state index contributed by atoms with van der Waals surface area (Å²) < 4.78 is 44.2. The van der Waals surface area contributed by atoms with Crippen LogP contribution in [0.2, 0.25) is 0 Å². The Morgan fingerprint density at radius 1 is 0.921 bits per heavy atom. The van der Waals surface area contributed by atoms with E-state index in [2.05, 4.69) is 15.3 Å². The number of nitrogens with two attached hydrogens (primary N) is 1.